The van der Waals surface area contributed by atoms with E-state index in [0.717, 1.165) is 11.0 Å². The first-order valence-electron chi connectivity index (χ1n) is 7.54. The van der Waals surface area contributed by atoms with E-state index < -0.39 is 17.8 Å². The maximum absolute atomic E-state index is 12.9. The van der Waals surface area contributed by atoms with E-state index in [-0.39, 0.29) is 32.6 Å². The van der Waals surface area contributed by atoms with Crippen LogP contribution < -0.4 is 10.2 Å². The fraction of sp³-hybridized carbons (Fsp3) is 0.0556. The lowest BCUT2D eigenvalue weighted by atomic mass is 10.0. The Morgan fingerprint density at radius 2 is 1.74 bits per heavy atom. The number of carbonyl (C=O) groups is 3. The summed E-state index contributed by atoms with van der Waals surface area (Å²) in [6.07, 6.45) is 1.12. The minimum atomic E-state index is -0.906. The zero-order chi connectivity index (χ0) is 19.9. The Labute approximate surface area is 168 Å². The van der Waals surface area contributed by atoms with Gasteiger partial charge in [-0.15, -0.1) is 0 Å². The van der Waals surface area contributed by atoms with Crippen LogP contribution in [0.3, 0.4) is 0 Å². The summed E-state index contributed by atoms with van der Waals surface area (Å²) in [4.78, 5) is 38.2. The van der Waals surface area contributed by atoms with Gasteiger partial charge in [-0.25, -0.2) is 9.69 Å². The molecule has 2 aromatic carbocycles. The van der Waals surface area contributed by atoms with Gasteiger partial charge in [-0.05, 0) is 42.8 Å². The molecule has 27 heavy (non-hydrogen) atoms. The second-order valence-corrected chi connectivity index (χ2v) is 6.99. The third-order valence-corrected chi connectivity index (χ3v) is 4.61. The quantitative estimate of drug-likeness (QED) is 0.554. The van der Waals surface area contributed by atoms with Crippen molar-refractivity contribution in [3.8, 4) is 5.75 Å². The number of carbonyl (C=O) groups excluding carboxylic acids is 3. The number of rotatable bonds is 2. The van der Waals surface area contributed by atoms with Crippen LogP contribution in [0.5, 0.6) is 5.75 Å². The average Bonchev–Trinajstić information content (AvgIpc) is 2.58. The van der Waals surface area contributed by atoms with Crippen molar-refractivity contribution in [3.05, 3.63) is 62.1 Å². The van der Waals surface area contributed by atoms with E-state index in [1.807, 2.05) is 0 Å². The Kier molecular flexibility index (Phi) is 5.15. The number of nitrogens with zero attached hydrogens (tertiary/aromatic N) is 1. The van der Waals surface area contributed by atoms with Crippen LogP contribution in [0.1, 0.15) is 11.1 Å². The number of hydrogen-bond donors (Lipinski definition) is 2. The molecule has 1 heterocycles. The summed E-state index contributed by atoms with van der Waals surface area (Å²) in [7, 11) is 0. The Hall–Kier alpha value is -2.54. The topological polar surface area (TPSA) is 86.7 Å². The molecule has 4 amide bonds. The van der Waals surface area contributed by atoms with Crippen molar-refractivity contribution in [1.29, 1.82) is 0 Å². The van der Waals surface area contributed by atoms with Gasteiger partial charge in [0.05, 0.1) is 10.7 Å². The van der Waals surface area contributed by atoms with Gasteiger partial charge in [0.15, 0.2) is 0 Å². The molecule has 1 fully saturated rings. The van der Waals surface area contributed by atoms with E-state index in [1.54, 1.807) is 19.1 Å². The van der Waals surface area contributed by atoms with Crippen molar-refractivity contribution in [3.63, 3.8) is 0 Å². The zero-order valence-corrected chi connectivity index (χ0v) is 16.0. The van der Waals surface area contributed by atoms with Crippen LogP contribution in [0.15, 0.2) is 35.9 Å². The fourth-order valence-electron chi connectivity index (χ4n) is 2.55. The van der Waals surface area contributed by atoms with Gasteiger partial charge < -0.3 is 5.11 Å². The molecule has 0 aromatic heterocycles. The van der Waals surface area contributed by atoms with Crippen LogP contribution in [-0.2, 0) is 9.59 Å². The number of nitrogens with one attached hydrogen (secondary N) is 1. The largest absolute Gasteiger partial charge is 0.506 e. The van der Waals surface area contributed by atoms with E-state index >= 15 is 0 Å². The summed E-state index contributed by atoms with van der Waals surface area (Å²) in [5.74, 6) is -2.13. The summed E-state index contributed by atoms with van der Waals surface area (Å²) >= 11 is 17.7. The smallest absolute Gasteiger partial charge is 0.335 e. The van der Waals surface area contributed by atoms with Gasteiger partial charge >= 0.3 is 6.03 Å². The Morgan fingerprint density at radius 1 is 1.04 bits per heavy atom. The van der Waals surface area contributed by atoms with Crippen LogP contribution >= 0.6 is 34.8 Å². The standard InChI is InChI=1S/C18H11Cl3N2O4/c1-8-2-3-10(19)7-14(8)23-17(26)12(16(25)22-18(23)27)5-9-4-11(20)6-13(21)15(9)24/h2-7,24H,1H3,(H,22,25,27)/b12-5+. The molecule has 0 radical (unpaired) electrons. The highest BCUT2D eigenvalue weighted by Gasteiger charge is 2.37. The first-order chi connectivity index (χ1) is 12.7. The molecule has 1 aliphatic heterocycles. The lowest BCUT2D eigenvalue weighted by Gasteiger charge is -2.27. The molecule has 0 bridgehead atoms. The van der Waals surface area contributed by atoms with E-state index in [2.05, 4.69) is 5.32 Å². The number of urea groups is 1. The molecule has 2 aromatic rings. The third-order valence-electron chi connectivity index (χ3n) is 3.87. The molecule has 0 atom stereocenters. The van der Waals surface area contributed by atoms with E-state index in [1.165, 1.54) is 18.2 Å². The lowest BCUT2D eigenvalue weighted by Crippen LogP contribution is -2.54. The van der Waals surface area contributed by atoms with Gasteiger partial charge in [0.2, 0.25) is 0 Å². The van der Waals surface area contributed by atoms with Crippen LogP contribution in [-0.4, -0.2) is 23.0 Å². The number of phenolic OH excluding ortho intramolecular Hbond substituents is 1. The molecule has 1 saturated heterocycles. The Bertz CT molecular complexity index is 1030. The summed E-state index contributed by atoms with van der Waals surface area (Å²) in [5, 5.41) is 12.6. The third kappa shape index (κ3) is 3.64. The summed E-state index contributed by atoms with van der Waals surface area (Å²) in [6, 6.07) is 6.44. The number of imide groups is 2. The predicted molar refractivity (Wildman–Crippen MR) is 103 cm³/mol. The van der Waals surface area contributed by atoms with E-state index in [9.17, 15) is 19.5 Å². The van der Waals surface area contributed by atoms with Crippen LogP contribution in [0.4, 0.5) is 10.5 Å². The molecule has 2 N–H and O–H groups in total. The van der Waals surface area contributed by atoms with Crippen molar-refractivity contribution < 1.29 is 19.5 Å². The molecule has 0 saturated carbocycles. The maximum atomic E-state index is 12.9. The average molecular weight is 426 g/mol. The second kappa shape index (κ2) is 7.23. The number of phenols is 1. The number of amides is 4. The van der Waals surface area contributed by atoms with Crippen molar-refractivity contribution in [2.45, 2.75) is 6.92 Å². The van der Waals surface area contributed by atoms with E-state index in [4.69, 9.17) is 34.8 Å². The molecule has 9 heteroatoms. The van der Waals surface area contributed by atoms with Crippen LogP contribution in [0.25, 0.3) is 6.08 Å². The molecule has 1 aliphatic rings. The van der Waals surface area contributed by atoms with E-state index in [0.29, 0.717) is 10.6 Å². The molecule has 6 nitrogen and oxygen atoms in total. The molecular weight excluding hydrogens is 415 g/mol. The monoisotopic (exact) mass is 424 g/mol. The molecule has 138 valence electrons. The number of aryl methyl sites for hydroxylation is 1. The first kappa shape index (κ1) is 19.2. The van der Waals surface area contributed by atoms with Crippen molar-refractivity contribution in [1.82, 2.24) is 5.32 Å². The molecule has 0 aliphatic carbocycles. The molecular formula is C18H11Cl3N2O4. The van der Waals surface area contributed by atoms with Gasteiger partial charge in [-0.3, -0.25) is 14.9 Å². The highest BCUT2D eigenvalue weighted by molar-refractivity contribution is 6.40. The lowest BCUT2D eigenvalue weighted by molar-refractivity contribution is -0.122. The van der Waals surface area contributed by atoms with Gasteiger partial charge in [0.25, 0.3) is 11.8 Å². The highest BCUT2D eigenvalue weighted by atomic mass is 35.5. The van der Waals surface area contributed by atoms with Crippen molar-refractivity contribution >= 4 is 64.4 Å². The normalized spacial score (nSPS) is 16.1. The zero-order valence-electron chi connectivity index (χ0n) is 13.7. The number of anilines is 1. The predicted octanol–water partition coefficient (Wildman–Crippen LogP) is 4.33. The first-order valence-corrected chi connectivity index (χ1v) is 8.68. The van der Waals surface area contributed by atoms with Gasteiger partial charge in [0.1, 0.15) is 11.3 Å². The Morgan fingerprint density at radius 3 is 2.44 bits per heavy atom. The summed E-state index contributed by atoms with van der Waals surface area (Å²) in [6.45, 7) is 1.69. The maximum Gasteiger partial charge on any atom is 0.335 e. The summed E-state index contributed by atoms with van der Waals surface area (Å²) in [5.41, 5.74) is 0.521. The minimum Gasteiger partial charge on any atom is -0.506 e. The van der Waals surface area contributed by atoms with Gasteiger partial charge in [0, 0.05) is 15.6 Å². The minimum absolute atomic E-state index is 0.0448. The van der Waals surface area contributed by atoms with Gasteiger partial charge in [-0.2, -0.15) is 0 Å². The number of aromatic hydroxyl groups is 1. The number of hydrogen-bond acceptors (Lipinski definition) is 4. The molecule has 3 rings (SSSR count). The highest BCUT2D eigenvalue weighted by Crippen LogP contribution is 2.34. The number of benzene rings is 2. The number of halogens is 3. The van der Waals surface area contributed by atoms with Gasteiger partial charge in [-0.1, -0.05) is 40.9 Å². The van der Waals surface area contributed by atoms with Crippen LogP contribution in [0, 0.1) is 6.92 Å². The Balaban J connectivity index is 2.12. The van der Waals surface area contributed by atoms with Crippen LogP contribution in [0.2, 0.25) is 15.1 Å². The SMILES string of the molecule is Cc1ccc(Cl)cc1N1C(=O)NC(=O)/C(=C\c2cc(Cl)cc(Cl)c2O)C1=O. The number of barbiturate groups is 1. The molecule has 0 unspecified atom stereocenters. The summed E-state index contributed by atoms with van der Waals surface area (Å²) < 4.78 is 0. The molecule has 0 spiro atoms. The van der Waals surface area contributed by atoms with Crippen molar-refractivity contribution in [2.24, 2.45) is 0 Å². The van der Waals surface area contributed by atoms with Crippen molar-refractivity contribution in [2.75, 3.05) is 4.90 Å². The fourth-order valence-corrected chi connectivity index (χ4v) is 3.23. The second-order valence-electron chi connectivity index (χ2n) is 5.71.